The van der Waals surface area contributed by atoms with Gasteiger partial charge in [0, 0.05) is 19.0 Å². The van der Waals surface area contributed by atoms with E-state index in [1.807, 2.05) is 11.8 Å². The van der Waals surface area contributed by atoms with Gasteiger partial charge < -0.3 is 15.1 Å². The van der Waals surface area contributed by atoms with Crippen molar-refractivity contribution in [1.29, 1.82) is 0 Å². The minimum absolute atomic E-state index is 0.0114. The van der Waals surface area contributed by atoms with E-state index in [1.54, 1.807) is 13.2 Å². The summed E-state index contributed by atoms with van der Waals surface area (Å²) in [7, 11) is 1.77. The third kappa shape index (κ3) is 6.89. The molecule has 0 spiro atoms. The number of hydrogen-bond acceptors (Lipinski definition) is 4. The van der Waals surface area contributed by atoms with Gasteiger partial charge in [-0.25, -0.2) is 4.98 Å². The molecule has 1 rings (SSSR count). The second kappa shape index (κ2) is 8.97. The van der Waals surface area contributed by atoms with E-state index in [0.717, 1.165) is 24.7 Å². The van der Waals surface area contributed by atoms with Gasteiger partial charge in [-0.1, -0.05) is 20.8 Å². The lowest BCUT2D eigenvalue weighted by molar-refractivity contribution is 0.379. The van der Waals surface area contributed by atoms with E-state index in [-0.39, 0.29) is 5.41 Å². The zero-order chi connectivity index (χ0) is 15.7. The second-order valence-electron chi connectivity index (χ2n) is 5.92. The Morgan fingerprint density at radius 1 is 1.33 bits per heavy atom. The quantitative estimate of drug-likeness (QED) is 0.460. The van der Waals surface area contributed by atoms with Crippen molar-refractivity contribution in [3.8, 4) is 0 Å². The molecule has 0 fully saturated rings. The van der Waals surface area contributed by atoms with Crippen LogP contribution in [-0.2, 0) is 12.0 Å². The third-order valence-electron chi connectivity index (χ3n) is 2.99. The Bertz CT molecular complexity index is 437. The van der Waals surface area contributed by atoms with Crippen LogP contribution in [0.1, 0.15) is 45.3 Å². The smallest absolute Gasteiger partial charge is 0.213 e. The Balaban J connectivity index is 2.33. The normalized spacial score (nSPS) is 12.5. The molecule has 0 unspecified atom stereocenters. The van der Waals surface area contributed by atoms with E-state index >= 15 is 0 Å². The zero-order valence-corrected chi connectivity index (χ0v) is 14.6. The van der Waals surface area contributed by atoms with Crippen molar-refractivity contribution in [2.75, 3.05) is 25.6 Å². The molecule has 1 heterocycles. The maximum Gasteiger partial charge on any atom is 0.213 e. The number of unbranched alkanes of at least 4 members (excludes halogenated alkanes) is 1. The zero-order valence-electron chi connectivity index (χ0n) is 13.8. The molecule has 0 radical (unpaired) electrons. The fraction of sp³-hybridized carbons (Fsp3) is 0.733. The van der Waals surface area contributed by atoms with Crippen LogP contribution in [0.15, 0.2) is 15.6 Å². The fourth-order valence-corrected chi connectivity index (χ4v) is 2.19. The molecule has 0 amide bonds. The lowest BCUT2D eigenvalue weighted by Gasteiger charge is -2.13. The highest BCUT2D eigenvalue weighted by molar-refractivity contribution is 7.98. The molecule has 0 atom stereocenters. The summed E-state index contributed by atoms with van der Waals surface area (Å²) >= 11 is 1.88. The van der Waals surface area contributed by atoms with Crippen LogP contribution < -0.4 is 10.6 Å². The van der Waals surface area contributed by atoms with E-state index in [1.165, 1.54) is 12.2 Å². The van der Waals surface area contributed by atoms with E-state index in [4.69, 9.17) is 4.42 Å². The van der Waals surface area contributed by atoms with Crippen LogP contribution in [0, 0.1) is 0 Å². The van der Waals surface area contributed by atoms with E-state index in [2.05, 4.69) is 47.6 Å². The van der Waals surface area contributed by atoms with Crippen LogP contribution in [0.25, 0.3) is 0 Å². The first-order chi connectivity index (χ1) is 9.97. The predicted octanol–water partition coefficient (Wildman–Crippen LogP) is 2.78. The van der Waals surface area contributed by atoms with E-state index < -0.39 is 0 Å². The van der Waals surface area contributed by atoms with E-state index in [9.17, 15) is 0 Å². The lowest BCUT2D eigenvalue weighted by Crippen LogP contribution is -2.37. The first kappa shape index (κ1) is 17.9. The maximum atomic E-state index is 5.74. The minimum Gasteiger partial charge on any atom is -0.443 e. The number of hydrogen-bond donors (Lipinski definition) is 2. The standard InChI is InChI=1S/C15H28N4OS/c1-15(2,3)12-10-18-13(20-12)11-19-14(16-4)17-8-6-7-9-21-5/h10H,6-9,11H2,1-5H3,(H2,16,17,19). The van der Waals surface area contributed by atoms with Crippen molar-refractivity contribution < 1.29 is 4.42 Å². The highest BCUT2D eigenvalue weighted by Crippen LogP contribution is 2.22. The summed E-state index contributed by atoms with van der Waals surface area (Å²) in [5.41, 5.74) is -0.0114. The predicted molar refractivity (Wildman–Crippen MR) is 91.0 cm³/mol. The summed E-state index contributed by atoms with van der Waals surface area (Å²) in [5.74, 6) is 3.58. The van der Waals surface area contributed by atoms with Gasteiger partial charge in [-0.15, -0.1) is 0 Å². The van der Waals surface area contributed by atoms with Gasteiger partial charge in [-0.05, 0) is 24.9 Å². The summed E-state index contributed by atoms with van der Waals surface area (Å²) in [4.78, 5) is 8.49. The van der Waals surface area contributed by atoms with Gasteiger partial charge >= 0.3 is 0 Å². The van der Waals surface area contributed by atoms with Crippen molar-refractivity contribution in [3.63, 3.8) is 0 Å². The van der Waals surface area contributed by atoms with Crippen molar-refractivity contribution >= 4 is 17.7 Å². The van der Waals surface area contributed by atoms with Crippen molar-refractivity contribution in [2.45, 2.75) is 45.6 Å². The molecular formula is C15H28N4OS. The molecule has 0 saturated heterocycles. The summed E-state index contributed by atoms with van der Waals surface area (Å²) in [6.07, 6.45) is 6.31. The average molecular weight is 312 g/mol. The van der Waals surface area contributed by atoms with Gasteiger partial charge in [-0.3, -0.25) is 4.99 Å². The number of aromatic nitrogens is 1. The molecular weight excluding hydrogens is 284 g/mol. The Morgan fingerprint density at radius 3 is 2.67 bits per heavy atom. The number of aliphatic imine (C=N–C) groups is 1. The number of thioether (sulfide) groups is 1. The number of rotatable bonds is 7. The topological polar surface area (TPSA) is 62.5 Å². The molecule has 0 aliphatic rings. The molecule has 2 N–H and O–H groups in total. The SMILES string of the molecule is CN=C(NCCCCSC)NCc1ncc(C(C)(C)C)o1. The molecule has 0 aliphatic heterocycles. The van der Waals surface area contributed by atoms with Gasteiger partial charge in [-0.2, -0.15) is 11.8 Å². The van der Waals surface area contributed by atoms with Crippen LogP contribution in [-0.4, -0.2) is 36.5 Å². The van der Waals surface area contributed by atoms with Crippen molar-refractivity contribution in [1.82, 2.24) is 15.6 Å². The molecule has 120 valence electrons. The molecule has 1 aromatic heterocycles. The van der Waals surface area contributed by atoms with Gasteiger partial charge in [0.15, 0.2) is 5.96 Å². The highest BCUT2D eigenvalue weighted by Gasteiger charge is 2.19. The first-order valence-corrected chi connectivity index (χ1v) is 8.75. The highest BCUT2D eigenvalue weighted by atomic mass is 32.2. The number of nitrogens with one attached hydrogen (secondary N) is 2. The van der Waals surface area contributed by atoms with E-state index in [0.29, 0.717) is 12.4 Å². The Morgan fingerprint density at radius 2 is 2.10 bits per heavy atom. The largest absolute Gasteiger partial charge is 0.443 e. The lowest BCUT2D eigenvalue weighted by atomic mass is 9.94. The van der Waals surface area contributed by atoms with Gasteiger partial charge in [0.25, 0.3) is 0 Å². The monoisotopic (exact) mass is 312 g/mol. The van der Waals surface area contributed by atoms with Crippen LogP contribution in [0.5, 0.6) is 0 Å². The summed E-state index contributed by atoms with van der Waals surface area (Å²) in [6, 6.07) is 0. The molecule has 0 saturated carbocycles. The van der Waals surface area contributed by atoms with Crippen molar-refractivity contribution in [3.05, 3.63) is 17.8 Å². The number of nitrogens with zero attached hydrogens (tertiary/aromatic N) is 2. The van der Waals surface area contributed by atoms with Crippen molar-refractivity contribution in [2.24, 2.45) is 4.99 Å². The molecule has 0 aromatic carbocycles. The molecule has 0 aliphatic carbocycles. The molecule has 21 heavy (non-hydrogen) atoms. The van der Waals surface area contributed by atoms with Crippen LogP contribution in [0.4, 0.5) is 0 Å². The second-order valence-corrected chi connectivity index (χ2v) is 6.91. The Labute approximate surface area is 132 Å². The summed E-state index contributed by atoms with van der Waals surface area (Å²) in [5, 5.41) is 6.51. The third-order valence-corrected chi connectivity index (χ3v) is 3.69. The fourth-order valence-electron chi connectivity index (χ4n) is 1.70. The van der Waals surface area contributed by atoms with Crippen LogP contribution in [0.2, 0.25) is 0 Å². The van der Waals surface area contributed by atoms with Crippen LogP contribution >= 0.6 is 11.8 Å². The minimum atomic E-state index is -0.0114. The first-order valence-electron chi connectivity index (χ1n) is 7.36. The molecule has 1 aromatic rings. The number of oxazole rings is 1. The molecule has 0 bridgehead atoms. The summed E-state index contributed by atoms with van der Waals surface area (Å²) in [6.45, 7) is 7.80. The summed E-state index contributed by atoms with van der Waals surface area (Å²) < 4.78 is 5.74. The van der Waals surface area contributed by atoms with Gasteiger partial charge in [0.2, 0.25) is 5.89 Å². The average Bonchev–Trinajstić information content (AvgIpc) is 2.91. The molecule has 5 nitrogen and oxygen atoms in total. The number of guanidine groups is 1. The molecule has 6 heteroatoms. The Hall–Kier alpha value is -1.17. The van der Waals surface area contributed by atoms with Gasteiger partial charge in [0.05, 0.1) is 12.7 Å². The maximum absolute atomic E-state index is 5.74. The van der Waals surface area contributed by atoms with Gasteiger partial charge in [0.1, 0.15) is 5.76 Å². The van der Waals surface area contributed by atoms with Crippen LogP contribution in [0.3, 0.4) is 0 Å². The Kier molecular flexibility index (Phi) is 7.64.